The summed E-state index contributed by atoms with van der Waals surface area (Å²) >= 11 is 1.34. The number of aromatic nitrogens is 4. The van der Waals surface area contributed by atoms with Crippen molar-refractivity contribution in [1.29, 1.82) is 0 Å². The van der Waals surface area contributed by atoms with E-state index in [9.17, 15) is 0 Å². The molecule has 2 aromatic heterocycles. The molecule has 0 N–H and O–H groups in total. The second kappa shape index (κ2) is 5.57. The van der Waals surface area contributed by atoms with Crippen LogP contribution in [0.4, 0.5) is 0 Å². The van der Waals surface area contributed by atoms with E-state index in [1.165, 1.54) is 11.8 Å². The highest BCUT2D eigenvalue weighted by atomic mass is 32.2. The third kappa shape index (κ3) is 2.44. The lowest BCUT2D eigenvalue weighted by atomic mass is 10.2. The van der Waals surface area contributed by atoms with Gasteiger partial charge in [-0.2, -0.15) is 0 Å². The van der Waals surface area contributed by atoms with E-state index in [0.29, 0.717) is 11.1 Å². The van der Waals surface area contributed by atoms with Gasteiger partial charge in [0.05, 0.1) is 5.52 Å². The Labute approximate surface area is 130 Å². The van der Waals surface area contributed by atoms with Crippen LogP contribution in [0.3, 0.4) is 0 Å². The number of hydrogen-bond donors (Lipinski definition) is 0. The summed E-state index contributed by atoms with van der Waals surface area (Å²) in [4.78, 5) is 8.55. The van der Waals surface area contributed by atoms with E-state index in [1.807, 2.05) is 54.6 Å². The Kier molecular flexibility index (Phi) is 3.29. The Morgan fingerprint density at radius 2 is 1.64 bits per heavy atom. The molecular formula is C16H10N4OS. The van der Waals surface area contributed by atoms with Crippen molar-refractivity contribution in [1.82, 2.24) is 20.2 Å². The van der Waals surface area contributed by atoms with E-state index >= 15 is 0 Å². The average Bonchev–Trinajstić information content (AvgIpc) is 3.05. The Hall–Kier alpha value is -2.73. The first-order chi connectivity index (χ1) is 10.9. The second-order valence-corrected chi connectivity index (χ2v) is 5.48. The van der Waals surface area contributed by atoms with Gasteiger partial charge in [-0.1, -0.05) is 36.4 Å². The summed E-state index contributed by atoms with van der Waals surface area (Å²) in [6.45, 7) is 0. The molecule has 0 unspecified atom stereocenters. The summed E-state index contributed by atoms with van der Waals surface area (Å²) in [5, 5.41) is 10.4. The number of para-hydroxylation sites is 1. The summed E-state index contributed by atoms with van der Waals surface area (Å²) < 4.78 is 5.70. The highest BCUT2D eigenvalue weighted by Gasteiger charge is 2.12. The van der Waals surface area contributed by atoms with Crippen molar-refractivity contribution < 1.29 is 4.42 Å². The predicted molar refractivity (Wildman–Crippen MR) is 83.4 cm³/mol. The van der Waals surface area contributed by atoms with Gasteiger partial charge in [-0.05, 0) is 30.0 Å². The normalized spacial score (nSPS) is 10.9. The van der Waals surface area contributed by atoms with E-state index in [1.54, 1.807) is 6.33 Å². The highest BCUT2D eigenvalue weighted by molar-refractivity contribution is 7.99. The van der Waals surface area contributed by atoms with Crippen LogP contribution >= 0.6 is 11.8 Å². The number of fused-ring (bicyclic) bond motifs is 1. The van der Waals surface area contributed by atoms with Crippen molar-refractivity contribution in [2.45, 2.75) is 10.2 Å². The molecule has 0 aliphatic carbocycles. The Morgan fingerprint density at radius 1 is 0.818 bits per heavy atom. The predicted octanol–water partition coefficient (Wildman–Crippen LogP) is 3.83. The van der Waals surface area contributed by atoms with Crippen molar-refractivity contribution >= 4 is 22.7 Å². The number of rotatable bonds is 3. The monoisotopic (exact) mass is 306 g/mol. The molecule has 0 atom stereocenters. The first kappa shape index (κ1) is 13.0. The summed E-state index contributed by atoms with van der Waals surface area (Å²) in [6.07, 6.45) is 1.54. The molecule has 4 aromatic rings. The molecule has 0 aliphatic rings. The number of nitrogens with zero attached hydrogens (tertiary/aromatic N) is 4. The van der Waals surface area contributed by atoms with Crippen molar-refractivity contribution in [2.24, 2.45) is 0 Å². The van der Waals surface area contributed by atoms with E-state index < -0.39 is 0 Å². The molecule has 2 heterocycles. The fourth-order valence-electron chi connectivity index (χ4n) is 2.09. The summed E-state index contributed by atoms with van der Waals surface area (Å²) in [7, 11) is 0. The molecule has 22 heavy (non-hydrogen) atoms. The second-order valence-electron chi connectivity index (χ2n) is 4.54. The van der Waals surface area contributed by atoms with Crippen LogP contribution in [0.15, 0.2) is 75.6 Å². The van der Waals surface area contributed by atoms with Crippen LogP contribution in [0.25, 0.3) is 22.4 Å². The zero-order valence-corrected chi connectivity index (χ0v) is 12.2. The topological polar surface area (TPSA) is 64.7 Å². The molecule has 106 valence electrons. The maximum atomic E-state index is 5.70. The molecule has 5 nitrogen and oxygen atoms in total. The van der Waals surface area contributed by atoms with Gasteiger partial charge in [-0.3, -0.25) is 0 Å². The van der Waals surface area contributed by atoms with Crippen LogP contribution in [0, 0.1) is 0 Å². The maximum Gasteiger partial charge on any atom is 0.283 e. The first-order valence-electron chi connectivity index (χ1n) is 6.67. The molecule has 0 spiro atoms. The van der Waals surface area contributed by atoms with Crippen molar-refractivity contribution in [3.63, 3.8) is 0 Å². The molecule has 6 heteroatoms. The third-order valence-electron chi connectivity index (χ3n) is 3.12. The number of benzene rings is 2. The van der Waals surface area contributed by atoms with Crippen LogP contribution in [-0.4, -0.2) is 20.2 Å². The minimum absolute atomic E-state index is 0.461. The highest BCUT2D eigenvalue weighted by Crippen LogP contribution is 2.31. The molecule has 0 amide bonds. The fraction of sp³-hybridized carbons (Fsp3) is 0. The van der Waals surface area contributed by atoms with Gasteiger partial charge < -0.3 is 4.42 Å². The Bertz CT molecular complexity index is 918. The van der Waals surface area contributed by atoms with Gasteiger partial charge >= 0.3 is 0 Å². The largest absolute Gasteiger partial charge is 0.411 e. The van der Waals surface area contributed by atoms with Crippen LogP contribution in [0.2, 0.25) is 0 Å². The molecule has 0 saturated heterocycles. The van der Waals surface area contributed by atoms with Gasteiger partial charge in [0.25, 0.3) is 5.22 Å². The molecule has 0 fully saturated rings. The lowest BCUT2D eigenvalue weighted by Crippen LogP contribution is -1.86. The van der Waals surface area contributed by atoms with Crippen molar-refractivity contribution in [2.75, 3.05) is 0 Å². The smallest absolute Gasteiger partial charge is 0.283 e. The van der Waals surface area contributed by atoms with E-state index in [4.69, 9.17) is 4.42 Å². The maximum absolute atomic E-state index is 5.70. The van der Waals surface area contributed by atoms with Gasteiger partial charge in [0.2, 0.25) is 5.89 Å². The zero-order chi connectivity index (χ0) is 14.8. The first-order valence-corrected chi connectivity index (χ1v) is 7.48. The minimum atomic E-state index is 0.461. The third-order valence-corrected chi connectivity index (χ3v) is 3.98. The number of hydrogen-bond acceptors (Lipinski definition) is 6. The lowest BCUT2D eigenvalue weighted by molar-refractivity contribution is 0.465. The standard InChI is InChI=1S/C16H10N4OS/c1-2-6-11(7-3-1)14-19-20-16(21-14)22-15-12-8-4-5-9-13(12)17-10-18-15/h1-10H. The molecule has 0 bridgehead atoms. The van der Waals surface area contributed by atoms with Crippen LogP contribution in [0.5, 0.6) is 0 Å². The van der Waals surface area contributed by atoms with Crippen molar-refractivity contribution in [3.05, 3.63) is 60.9 Å². The van der Waals surface area contributed by atoms with E-state index in [2.05, 4.69) is 20.2 Å². The molecular weight excluding hydrogens is 296 g/mol. The van der Waals surface area contributed by atoms with Gasteiger partial charge in [-0.15, -0.1) is 10.2 Å². The SMILES string of the molecule is c1ccc(-c2nnc(Sc3ncnc4ccccc34)o2)cc1. The summed E-state index contributed by atoms with van der Waals surface area (Å²) in [6, 6.07) is 17.5. The van der Waals surface area contributed by atoms with Gasteiger partial charge in [0.1, 0.15) is 11.4 Å². The van der Waals surface area contributed by atoms with Crippen molar-refractivity contribution in [3.8, 4) is 11.5 Å². The minimum Gasteiger partial charge on any atom is -0.411 e. The van der Waals surface area contributed by atoms with E-state index in [-0.39, 0.29) is 0 Å². The van der Waals surface area contributed by atoms with E-state index in [0.717, 1.165) is 21.5 Å². The molecule has 0 saturated carbocycles. The van der Waals surface area contributed by atoms with Crippen LogP contribution in [-0.2, 0) is 0 Å². The molecule has 4 rings (SSSR count). The summed E-state index contributed by atoms with van der Waals surface area (Å²) in [5.41, 5.74) is 1.79. The lowest BCUT2D eigenvalue weighted by Gasteiger charge is -2.00. The van der Waals surface area contributed by atoms with Gasteiger partial charge in [0, 0.05) is 10.9 Å². The summed E-state index contributed by atoms with van der Waals surface area (Å²) in [5.74, 6) is 0.501. The van der Waals surface area contributed by atoms with Crippen LogP contribution in [0.1, 0.15) is 0 Å². The van der Waals surface area contributed by atoms with Crippen LogP contribution < -0.4 is 0 Å². The average molecular weight is 306 g/mol. The van der Waals surface area contributed by atoms with Gasteiger partial charge in [-0.25, -0.2) is 9.97 Å². The molecule has 0 radical (unpaired) electrons. The fourth-order valence-corrected chi connectivity index (χ4v) is 2.84. The Balaban J connectivity index is 1.68. The van der Waals surface area contributed by atoms with Gasteiger partial charge in [0.15, 0.2) is 0 Å². The quantitative estimate of drug-likeness (QED) is 0.536. The Morgan fingerprint density at radius 3 is 2.55 bits per heavy atom. The zero-order valence-electron chi connectivity index (χ0n) is 11.4. The molecule has 2 aromatic carbocycles. The molecule has 0 aliphatic heterocycles.